The minimum Gasteiger partial charge on any atom is -0.490 e. The monoisotopic (exact) mass is 291 g/mol. The second-order valence-electron chi connectivity index (χ2n) is 4.40. The molecule has 1 aliphatic rings. The second kappa shape index (κ2) is 5.13. The Labute approximate surface area is 120 Å². The van der Waals surface area contributed by atoms with Crippen LogP contribution in [0.3, 0.4) is 0 Å². The van der Waals surface area contributed by atoms with E-state index in [0.717, 1.165) is 6.07 Å². The molecular weight excluding hydrogens is 281 g/mol. The molecular formula is C15H11ClFNO2. The quantitative estimate of drug-likeness (QED) is 0.804. The van der Waals surface area contributed by atoms with E-state index in [9.17, 15) is 9.18 Å². The lowest BCUT2D eigenvalue weighted by Gasteiger charge is -2.29. The van der Waals surface area contributed by atoms with E-state index in [2.05, 4.69) is 0 Å². The van der Waals surface area contributed by atoms with E-state index in [0.29, 0.717) is 24.6 Å². The summed E-state index contributed by atoms with van der Waals surface area (Å²) in [5, 5.41) is 0.110. The van der Waals surface area contributed by atoms with Gasteiger partial charge in [-0.05, 0) is 30.3 Å². The highest BCUT2D eigenvalue weighted by atomic mass is 35.5. The summed E-state index contributed by atoms with van der Waals surface area (Å²) in [5.74, 6) is -0.0648. The van der Waals surface area contributed by atoms with Gasteiger partial charge in [0.15, 0.2) is 0 Å². The number of hydrogen-bond donors (Lipinski definition) is 0. The van der Waals surface area contributed by atoms with Crippen LogP contribution in [-0.4, -0.2) is 19.1 Å². The van der Waals surface area contributed by atoms with Crippen molar-refractivity contribution in [1.29, 1.82) is 0 Å². The maximum absolute atomic E-state index is 13.1. The van der Waals surface area contributed by atoms with Crippen LogP contribution in [-0.2, 0) is 0 Å². The molecule has 0 bridgehead atoms. The summed E-state index contributed by atoms with van der Waals surface area (Å²) in [5.41, 5.74) is 0.980. The highest BCUT2D eigenvalue weighted by molar-refractivity contribution is 6.34. The molecule has 0 unspecified atom stereocenters. The molecule has 1 heterocycles. The van der Waals surface area contributed by atoms with Crippen LogP contribution in [0.2, 0.25) is 5.02 Å². The molecule has 20 heavy (non-hydrogen) atoms. The van der Waals surface area contributed by atoms with Crippen LogP contribution in [0.15, 0.2) is 42.5 Å². The fraction of sp³-hybridized carbons (Fsp3) is 0.133. The summed E-state index contributed by atoms with van der Waals surface area (Å²) in [7, 11) is 0. The Morgan fingerprint density at radius 3 is 2.85 bits per heavy atom. The predicted octanol–water partition coefficient (Wildman–Crippen LogP) is 3.52. The number of anilines is 1. The van der Waals surface area contributed by atoms with E-state index in [-0.39, 0.29) is 16.5 Å². The van der Waals surface area contributed by atoms with Gasteiger partial charge in [-0.1, -0.05) is 23.7 Å². The fourth-order valence-corrected chi connectivity index (χ4v) is 2.44. The standard InChI is InChI=1S/C15H11ClFNO2/c16-12-9-10(17)5-6-11(12)15(19)18-7-8-20-14-4-2-1-3-13(14)18/h1-6,9H,7-8H2. The van der Waals surface area contributed by atoms with Crippen molar-refractivity contribution in [3.63, 3.8) is 0 Å². The highest BCUT2D eigenvalue weighted by Gasteiger charge is 2.25. The summed E-state index contributed by atoms with van der Waals surface area (Å²) < 4.78 is 18.6. The molecule has 0 saturated carbocycles. The molecule has 102 valence electrons. The SMILES string of the molecule is O=C(c1ccc(F)cc1Cl)N1CCOc2ccccc21. The van der Waals surface area contributed by atoms with Gasteiger partial charge >= 0.3 is 0 Å². The number of benzene rings is 2. The first-order valence-electron chi connectivity index (χ1n) is 6.15. The third-order valence-corrected chi connectivity index (χ3v) is 3.45. The average Bonchev–Trinajstić information content (AvgIpc) is 2.46. The summed E-state index contributed by atoms with van der Waals surface area (Å²) >= 11 is 5.95. The Kier molecular flexibility index (Phi) is 3.32. The Balaban J connectivity index is 2.00. The average molecular weight is 292 g/mol. The lowest BCUT2D eigenvalue weighted by Crippen LogP contribution is -2.38. The normalized spacial score (nSPS) is 13.6. The van der Waals surface area contributed by atoms with Crippen molar-refractivity contribution in [3.05, 3.63) is 58.9 Å². The van der Waals surface area contributed by atoms with Gasteiger partial charge in [-0.3, -0.25) is 4.79 Å². The minimum atomic E-state index is -0.464. The molecule has 3 nitrogen and oxygen atoms in total. The van der Waals surface area contributed by atoms with Crippen LogP contribution in [0.1, 0.15) is 10.4 Å². The van der Waals surface area contributed by atoms with Crippen LogP contribution >= 0.6 is 11.6 Å². The molecule has 2 aromatic rings. The van der Waals surface area contributed by atoms with Crippen LogP contribution in [0.4, 0.5) is 10.1 Å². The Morgan fingerprint density at radius 1 is 1.25 bits per heavy atom. The Hall–Kier alpha value is -2.07. The second-order valence-corrected chi connectivity index (χ2v) is 4.80. The van der Waals surface area contributed by atoms with Crippen molar-refractivity contribution in [2.45, 2.75) is 0 Å². The van der Waals surface area contributed by atoms with Gasteiger partial charge in [-0.25, -0.2) is 4.39 Å². The number of amides is 1. The molecule has 5 heteroatoms. The van der Waals surface area contributed by atoms with Gasteiger partial charge in [-0.15, -0.1) is 0 Å². The van der Waals surface area contributed by atoms with Gasteiger partial charge in [-0.2, -0.15) is 0 Å². The molecule has 2 aromatic carbocycles. The first-order valence-corrected chi connectivity index (χ1v) is 6.53. The molecule has 0 aromatic heterocycles. The van der Waals surface area contributed by atoms with Crippen molar-refractivity contribution in [2.75, 3.05) is 18.1 Å². The topological polar surface area (TPSA) is 29.5 Å². The zero-order valence-electron chi connectivity index (χ0n) is 10.5. The number of para-hydroxylation sites is 2. The van der Waals surface area contributed by atoms with Crippen molar-refractivity contribution in [2.24, 2.45) is 0 Å². The number of carbonyl (C=O) groups excluding carboxylic acids is 1. The van der Waals surface area contributed by atoms with Gasteiger partial charge in [0.05, 0.1) is 22.8 Å². The van der Waals surface area contributed by atoms with Gasteiger partial charge in [0, 0.05) is 0 Å². The zero-order chi connectivity index (χ0) is 14.1. The van der Waals surface area contributed by atoms with Gasteiger partial charge < -0.3 is 9.64 Å². The molecule has 0 saturated heterocycles. The summed E-state index contributed by atoms with van der Waals surface area (Å²) in [6.45, 7) is 0.852. The number of carbonyl (C=O) groups is 1. The summed E-state index contributed by atoms with van der Waals surface area (Å²) in [4.78, 5) is 14.2. The molecule has 1 aliphatic heterocycles. The van der Waals surface area contributed by atoms with E-state index in [1.54, 1.807) is 11.0 Å². The maximum Gasteiger partial charge on any atom is 0.260 e. The van der Waals surface area contributed by atoms with Crippen LogP contribution in [0.5, 0.6) is 5.75 Å². The van der Waals surface area contributed by atoms with E-state index in [1.165, 1.54) is 12.1 Å². The van der Waals surface area contributed by atoms with E-state index < -0.39 is 5.82 Å². The number of halogens is 2. The van der Waals surface area contributed by atoms with Crippen molar-refractivity contribution >= 4 is 23.2 Å². The molecule has 0 radical (unpaired) electrons. The zero-order valence-corrected chi connectivity index (χ0v) is 11.2. The largest absolute Gasteiger partial charge is 0.490 e. The number of rotatable bonds is 1. The smallest absolute Gasteiger partial charge is 0.260 e. The van der Waals surface area contributed by atoms with Crippen LogP contribution in [0, 0.1) is 5.82 Å². The number of hydrogen-bond acceptors (Lipinski definition) is 2. The molecule has 0 fully saturated rings. The van der Waals surface area contributed by atoms with E-state index >= 15 is 0 Å². The van der Waals surface area contributed by atoms with Crippen LogP contribution in [0.25, 0.3) is 0 Å². The Bertz CT molecular complexity index is 675. The Morgan fingerprint density at radius 2 is 2.05 bits per heavy atom. The van der Waals surface area contributed by atoms with Gasteiger partial charge in [0.2, 0.25) is 0 Å². The van der Waals surface area contributed by atoms with Crippen molar-refractivity contribution in [1.82, 2.24) is 0 Å². The third-order valence-electron chi connectivity index (χ3n) is 3.14. The highest BCUT2D eigenvalue weighted by Crippen LogP contribution is 2.32. The van der Waals surface area contributed by atoms with E-state index in [4.69, 9.17) is 16.3 Å². The minimum absolute atomic E-state index is 0.110. The van der Waals surface area contributed by atoms with Gasteiger partial charge in [0.1, 0.15) is 18.2 Å². The maximum atomic E-state index is 13.1. The van der Waals surface area contributed by atoms with Crippen molar-refractivity contribution < 1.29 is 13.9 Å². The molecule has 1 amide bonds. The lowest BCUT2D eigenvalue weighted by atomic mass is 10.1. The predicted molar refractivity (Wildman–Crippen MR) is 75.0 cm³/mol. The number of fused-ring (bicyclic) bond motifs is 1. The number of ether oxygens (including phenoxy) is 1. The molecule has 0 spiro atoms. The molecule has 3 rings (SSSR count). The molecule has 0 aliphatic carbocycles. The summed E-state index contributed by atoms with van der Waals surface area (Å²) in [6.07, 6.45) is 0. The van der Waals surface area contributed by atoms with Crippen LogP contribution < -0.4 is 9.64 Å². The first kappa shape index (κ1) is 12.9. The number of nitrogens with zero attached hydrogens (tertiary/aromatic N) is 1. The first-order chi connectivity index (χ1) is 9.66. The molecule has 0 atom stereocenters. The van der Waals surface area contributed by atoms with Gasteiger partial charge in [0.25, 0.3) is 5.91 Å². The third kappa shape index (κ3) is 2.23. The van der Waals surface area contributed by atoms with E-state index in [1.807, 2.05) is 18.2 Å². The molecule has 0 N–H and O–H groups in total. The fourth-order valence-electron chi connectivity index (χ4n) is 2.19. The van der Waals surface area contributed by atoms with Crippen molar-refractivity contribution in [3.8, 4) is 5.75 Å². The summed E-state index contributed by atoms with van der Waals surface area (Å²) in [6, 6.07) is 11.1. The lowest BCUT2D eigenvalue weighted by molar-refractivity contribution is 0.0976.